The third kappa shape index (κ3) is 2.35. The summed E-state index contributed by atoms with van der Waals surface area (Å²) in [7, 11) is 0. The van der Waals surface area contributed by atoms with Gasteiger partial charge in [-0.15, -0.1) is 0 Å². The first-order valence-corrected chi connectivity index (χ1v) is 9.41. The van der Waals surface area contributed by atoms with E-state index in [2.05, 4.69) is 17.5 Å². The van der Waals surface area contributed by atoms with Gasteiger partial charge in [-0.3, -0.25) is 4.79 Å². The first kappa shape index (κ1) is 15.9. The van der Waals surface area contributed by atoms with Gasteiger partial charge in [0.25, 0.3) is 0 Å². The molecule has 2 aliphatic carbocycles. The largest absolute Gasteiger partial charge is 0.326 e. The van der Waals surface area contributed by atoms with Crippen molar-refractivity contribution in [3.05, 3.63) is 42.2 Å². The van der Waals surface area contributed by atoms with Crippen LogP contribution in [0.5, 0.6) is 0 Å². The molecule has 2 bridgehead atoms. The summed E-state index contributed by atoms with van der Waals surface area (Å²) >= 11 is 0. The van der Waals surface area contributed by atoms with Crippen LogP contribution in [0.15, 0.2) is 36.4 Å². The van der Waals surface area contributed by atoms with Crippen LogP contribution in [0, 0.1) is 29.5 Å². The summed E-state index contributed by atoms with van der Waals surface area (Å²) in [5, 5.41) is 2.88. The Balaban J connectivity index is 1.23. The number of hydrogen-bond donors (Lipinski definition) is 1. The molecular formula is C20H22FN3O2. The molecule has 2 saturated heterocycles. The van der Waals surface area contributed by atoms with E-state index in [0.717, 1.165) is 13.1 Å². The molecule has 0 radical (unpaired) electrons. The lowest BCUT2D eigenvalue weighted by Gasteiger charge is -2.22. The quantitative estimate of drug-likeness (QED) is 0.829. The van der Waals surface area contributed by atoms with Crippen molar-refractivity contribution in [2.45, 2.75) is 18.9 Å². The summed E-state index contributed by atoms with van der Waals surface area (Å²) in [5.41, 5.74) is 0.285. The van der Waals surface area contributed by atoms with E-state index in [1.165, 1.54) is 17.4 Å². The zero-order valence-electron chi connectivity index (χ0n) is 14.5. The van der Waals surface area contributed by atoms with Crippen molar-refractivity contribution in [3.8, 4) is 0 Å². The summed E-state index contributed by atoms with van der Waals surface area (Å²) in [4.78, 5) is 28.6. The second-order valence-electron chi connectivity index (χ2n) is 7.91. The Hall–Kier alpha value is -2.37. The number of nitrogens with one attached hydrogen (secondary N) is 1. The Bertz CT molecular complexity index is 775. The second kappa shape index (κ2) is 5.83. The van der Waals surface area contributed by atoms with E-state index in [9.17, 15) is 14.0 Å². The summed E-state index contributed by atoms with van der Waals surface area (Å²) < 4.78 is 14.0. The number of fused-ring (bicyclic) bond motifs is 5. The normalized spacial score (nSPS) is 34.7. The predicted octanol–water partition coefficient (Wildman–Crippen LogP) is 2.39. The van der Waals surface area contributed by atoms with Crippen LogP contribution in [-0.2, 0) is 4.79 Å². The van der Waals surface area contributed by atoms with E-state index in [1.807, 2.05) is 4.90 Å². The molecule has 0 aromatic heterocycles. The minimum Gasteiger partial charge on any atom is -0.326 e. The predicted molar refractivity (Wildman–Crippen MR) is 95.0 cm³/mol. The number of nitrogens with zero attached hydrogens (tertiary/aromatic N) is 2. The van der Waals surface area contributed by atoms with Gasteiger partial charge >= 0.3 is 6.03 Å². The minimum atomic E-state index is -0.572. The number of likely N-dealkylation sites (tertiary alicyclic amines) is 1. The Labute approximate surface area is 151 Å². The molecule has 26 heavy (non-hydrogen) atoms. The molecule has 3 unspecified atom stereocenters. The number of benzene rings is 1. The van der Waals surface area contributed by atoms with Gasteiger partial charge in [0.05, 0.1) is 5.69 Å². The molecule has 6 heteroatoms. The topological polar surface area (TPSA) is 52.7 Å². The van der Waals surface area contributed by atoms with Crippen molar-refractivity contribution in [1.82, 2.24) is 10.2 Å². The fraction of sp³-hybridized carbons (Fsp3) is 0.500. The zero-order valence-corrected chi connectivity index (χ0v) is 14.5. The summed E-state index contributed by atoms with van der Waals surface area (Å²) in [6.07, 6.45) is 6.36. The summed E-state index contributed by atoms with van der Waals surface area (Å²) in [6, 6.07) is 5.53. The third-order valence-electron chi connectivity index (χ3n) is 6.60. The summed E-state index contributed by atoms with van der Waals surface area (Å²) in [5.74, 6) is 1.74. The van der Waals surface area contributed by atoms with Crippen molar-refractivity contribution < 1.29 is 14.0 Å². The maximum atomic E-state index is 14.0. The number of rotatable bonds is 2. The number of halogens is 1. The van der Waals surface area contributed by atoms with Crippen LogP contribution in [0.2, 0.25) is 0 Å². The molecule has 5 nitrogen and oxygen atoms in total. The zero-order chi connectivity index (χ0) is 17.8. The standard InChI is InChI=1S/C20H22FN3O2/c21-16-3-1-2-4-18(16)24-8-7-17(19(24)25)22-20(26)23-10-14-12-5-6-13(9-12)15(14)11-23/h1-6,12-15,17H,7-11H2,(H,22,26)/t12?,13?,14-,15+,17?. The molecule has 1 aromatic rings. The van der Waals surface area contributed by atoms with Crippen LogP contribution < -0.4 is 10.2 Å². The highest BCUT2D eigenvalue weighted by molar-refractivity contribution is 6.01. The number of carbonyl (C=O) groups excluding carboxylic acids is 2. The molecule has 136 valence electrons. The van der Waals surface area contributed by atoms with Gasteiger partial charge in [0, 0.05) is 19.6 Å². The highest BCUT2D eigenvalue weighted by Crippen LogP contribution is 2.51. The number of anilines is 1. The Morgan fingerprint density at radius 3 is 2.50 bits per heavy atom. The van der Waals surface area contributed by atoms with Gasteiger partial charge in [0.1, 0.15) is 11.9 Å². The van der Waals surface area contributed by atoms with E-state index in [0.29, 0.717) is 36.6 Å². The Kier molecular flexibility index (Phi) is 3.55. The van der Waals surface area contributed by atoms with Gasteiger partial charge in [-0.25, -0.2) is 9.18 Å². The van der Waals surface area contributed by atoms with Crippen LogP contribution >= 0.6 is 0 Å². The fourth-order valence-electron chi connectivity index (χ4n) is 5.28. The third-order valence-corrected chi connectivity index (χ3v) is 6.60. The fourth-order valence-corrected chi connectivity index (χ4v) is 5.28. The van der Waals surface area contributed by atoms with Crippen molar-refractivity contribution in [3.63, 3.8) is 0 Å². The van der Waals surface area contributed by atoms with E-state index < -0.39 is 11.9 Å². The number of amides is 3. The SMILES string of the molecule is O=C(NC1CCN(c2ccccc2F)C1=O)N1C[C@@H]2C3C=CC(C3)[C@@H]2C1. The molecule has 1 saturated carbocycles. The lowest BCUT2D eigenvalue weighted by atomic mass is 9.86. The number of para-hydroxylation sites is 1. The van der Waals surface area contributed by atoms with Crippen molar-refractivity contribution >= 4 is 17.6 Å². The van der Waals surface area contributed by atoms with Crippen molar-refractivity contribution in [2.75, 3.05) is 24.5 Å². The highest BCUT2D eigenvalue weighted by atomic mass is 19.1. The van der Waals surface area contributed by atoms with Gasteiger partial charge in [0.15, 0.2) is 0 Å². The van der Waals surface area contributed by atoms with Gasteiger partial charge < -0.3 is 15.1 Å². The molecule has 4 aliphatic rings. The number of urea groups is 1. The molecule has 1 N–H and O–H groups in total. The maximum Gasteiger partial charge on any atom is 0.318 e. The Morgan fingerprint density at radius 1 is 1.12 bits per heavy atom. The van der Waals surface area contributed by atoms with E-state index in [-0.39, 0.29) is 17.6 Å². The molecule has 1 aromatic carbocycles. The monoisotopic (exact) mass is 355 g/mol. The number of allylic oxidation sites excluding steroid dienone is 2. The van der Waals surface area contributed by atoms with E-state index in [4.69, 9.17) is 0 Å². The van der Waals surface area contributed by atoms with Crippen LogP contribution in [0.3, 0.4) is 0 Å². The second-order valence-corrected chi connectivity index (χ2v) is 7.91. The molecule has 2 heterocycles. The lowest BCUT2D eigenvalue weighted by Crippen LogP contribution is -2.47. The average molecular weight is 355 g/mol. The smallest absolute Gasteiger partial charge is 0.318 e. The highest BCUT2D eigenvalue weighted by Gasteiger charge is 2.50. The van der Waals surface area contributed by atoms with Crippen LogP contribution in [0.1, 0.15) is 12.8 Å². The van der Waals surface area contributed by atoms with E-state index >= 15 is 0 Å². The maximum absolute atomic E-state index is 14.0. The van der Waals surface area contributed by atoms with E-state index in [1.54, 1.807) is 18.2 Å². The molecular weight excluding hydrogens is 333 g/mol. The first-order valence-electron chi connectivity index (χ1n) is 9.41. The average Bonchev–Trinajstić information content (AvgIpc) is 3.38. The minimum absolute atomic E-state index is 0.160. The van der Waals surface area contributed by atoms with Crippen LogP contribution in [0.25, 0.3) is 0 Å². The van der Waals surface area contributed by atoms with Crippen LogP contribution in [-0.4, -0.2) is 42.5 Å². The number of hydrogen-bond acceptors (Lipinski definition) is 2. The number of carbonyl (C=O) groups is 2. The molecule has 5 atom stereocenters. The molecule has 3 fully saturated rings. The summed E-state index contributed by atoms with van der Waals surface area (Å²) in [6.45, 7) is 1.98. The van der Waals surface area contributed by atoms with Crippen molar-refractivity contribution in [2.24, 2.45) is 23.7 Å². The van der Waals surface area contributed by atoms with Crippen molar-refractivity contribution in [1.29, 1.82) is 0 Å². The lowest BCUT2D eigenvalue weighted by molar-refractivity contribution is -0.118. The van der Waals surface area contributed by atoms with Gasteiger partial charge in [-0.1, -0.05) is 24.3 Å². The van der Waals surface area contributed by atoms with Gasteiger partial charge in [-0.2, -0.15) is 0 Å². The van der Waals surface area contributed by atoms with Gasteiger partial charge in [0.2, 0.25) is 5.91 Å². The molecule has 2 aliphatic heterocycles. The Morgan fingerprint density at radius 2 is 1.81 bits per heavy atom. The van der Waals surface area contributed by atoms with Gasteiger partial charge in [-0.05, 0) is 48.6 Å². The molecule has 5 rings (SSSR count). The van der Waals surface area contributed by atoms with Crippen LogP contribution in [0.4, 0.5) is 14.9 Å². The molecule has 3 amide bonds. The molecule has 0 spiro atoms. The first-order chi connectivity index (χ1) is 12.6.